The molecule has 0 aromatic heterocycles. The van der Waals surface area contributed by atoms with Crippen LogP contribution in [-0.4, -0.2) is 54.1 Å². The van der Waals surface area contributed by atoms with E-state index < -0.39 is 5.97 Å². The van der Waals surface area contributed by atoms with Gasteiger partial charge in [-0.25, -0.2) is 0 Å². The molecule has 3 atom stereocenters. The average molecular weight is 506 g/mol. The SMILES string of the molecule is COc1ccc(-c2ccc(CO[C@H]3CC(=O)[C@H](N4CCCCC4)[C@H]3CC=CCCCC(=O)O)cc2)cc1. The lowest BCUT2D eigenvalue weighted by Crippen LogP contribution is -2.46. The number of rotatable bonds is 12. The van der Waals surface area contributed by atoms with Crippen LogP contribution in [-0.2, 0) is 20.9 Å². The van der Waals surface area contributed by atoms with Gasteiger partial charge in [-0.2, -0.15) is 0 Å². The number of aliphatic carboxylic acids is 1. The molecule has 0 radical (unpaired) electrons. The van der Waals surface area contributed by atoms with Gasteiger partial charge in [0.25, 0.3) is 0 Å². The fourth-order valence-corrected chi connectivity index (χ4v) is 5.57. The topological polar surface area (TPSA) is 76.1 Å². The van der Waals surface area contributed by atoms with Gasteiger partial charge in [0.15, 0.2) is 5.78 Å². The molecule has 2 aliphatic rings. The number of allylic oxidation sites excluding steroid dienone is 2. The molecule has 37 heavy (non-hydrogen) atoms. The summed E-state index contributed by atoms with van der Waals surface area (Å²) in [5.41, 5.74) is 3.36. The van der Waals surface area contributed by atoms with Gasteiger partial charge in [-0.1, -0.05) is 55.0 Å². The lowest BCUT2D eigenvalue weighted by Gasteiger charge is -2.35. The number of carbonyl (C=O) groups excluding carboxylic acids is 1. The van der Waals surface area contributed by atoms with Crippen LogP contribution in [0.3, 0.4) is 0 Å². The van der Waals surface area contributed by atoms with Gasteiger partial charge in [0.05, 0.1) is 25.9 Å². The number of hydrogen-bond acceptors (Lipinski definition) is 5. The number of ether oxygens (including phenoxy) is 2. The van der Waals surface area contributed by atoms with Gasteiger partial charge >= 0.3 is 5.97 Å². The molecule has 0 unspecified atom stereocenters. The largest absolute Gasteiger partial charge is 0.497 e. The number of nitrogens with zero attached hydrogens (tertiary/aromatic N) is 1. The molecule has 1 aliphatic heterocycles. The molecule has 1 saturated carbocycles. The van der Waals surface area contributed by atoms with E-state index in [9.17, 15) is 9.59 Å². The van der Waals surface area contributed by atoms with Crippen molar-refractivity contribution in [3.8, 4) is 16.9 Å². The second-order valence-electron chi connectivity index (χ2n) is 10.1. The van der Waals surface area contributed by atoms with E-state index in [1.54, 1.807) is 7.11 Å². The molecule has 6 heteroatoms. The van der Waals surface area contributed by atoms with Gasteiger partial charge in [0.2, 0.25) is 0 Å². The fraction of sp³-hybridized carbons (Fsp3) is 0.484. The Hall–Kier alpha value is -2.96. The van der Waals surface area contributed by atoms with Crippen molar-refractivity contribution in [3.05, 3.63) is 66.2 Å². The highest BCUT2D eigenvalue weighted by molar-refractivity contribution is 5.87. The molecular weight excluding hydrogens is 466 g/mol. The smallest absolute Gasteiger partial charge is 0.303 e. The zero-order chi connectivity index (χ0) is 26.0. The first-order valence-corrected chi connectivity index (χ1v) is 13.5. The highest BCUT2D eigenvalue weighted by Crippen LogP contribution is 2.35. The van der Waals surface area contributed by atoms with Gasteiger partial charge in [-0.15, -0.1) is 0 Å². The molecule has 2 aromatic carbocycles. The fourth-order valence-electron chi connectivity index (χ4n) is 5.57. The summed E-state index contributed by atoms with van der Waals surface area (Å²) in [6.07, 6.45) is 10.4. The summed E-state index contributed by atoms with van der Waals surface area (Å²) in [7, 11) is 1.67. The first-order valence-electron chi connectivity index (χ1n) is 13.5. The second kappa shape index (κ2) is 13.5. The molecular formula is C31H39NO5. The number of carboxylic acids is 1. The minimum Gasteiger partial charge on any atom is -0.497 e. The van der Waals surface area contributed by atoms with Crippen LogP contribution >= 0.6 is 0 Å². The third kappa shape index (κ3) is 7.53. The number of carboxylic acid groups (broad SMARTS) is 1. The summed E-state index contributed by atoms with van der Waals surface area (Å²) in [4.78, 5) is 26.3. The lowest BCUT2D eigenvalue weighted by molar-refractivity contribution is -0.137. The first-order chi connectivity index (χ1) is 18.0. The van der Waals surface area contributed by atoms with Crippen molar-refractivity contribution in [2.24, 2.45) is 5.92 Å². The molecule has 1 N–H and O–H groups in total. The molecule has 4 rings (SSSR count). The van der Waals surface area contributed by atoms with Crippen molar-refractivity contribution >= 4 is 11.8 Å². The van der Waals surface area contributed by atoms with Gasteiger partial charge in [0, 0.05) is 18.8 Å². The number of ketones is 1. The number of benzene rings is 2. The normalized spacial score (nSPS) is 22.5. The van der Waals surface area contributed by atoms with Crippen LogP contribution in [0.4, 0.5) is 0 Å². The standard InChI is InChI=1S/C31H39NO5/c1-36-26-17-15-25(16-18-26)24-13-11-23(12-14-24)22-37-29-21-28(33)31(32-19-7-4-8-20-32)27(29)9-5-2-3-6-10-30(34)35/h2,5,11-18,27,29,31H,3-4,6-10,19-22H2,1H3,(H,34,35)/t27-,29-,31+/m0/s1. The molecule has 0 amide bonds. The first kappa shape index (κ1) is 27.1. The van der Waals surface area contributed by atoms with E-state index in [-0.39, 0.29) is 24.5 Å². The lowest BCUT2D eigenvalue weighted by atomic mass is 9.93. The van der Waals surface area contributed by atoms with E-state index in [4.69, 9.17) is 14.6 Å². The zero-order valence-electron chi connectivity index (χ0n) is 21.8. The molecule has 6 nitrogen and oxygen atoms in total. The van der Waals surface area contributed by atoms with Crippen LogP contribution in [0.15, 0.2) is 60.7 Å². The molecule has 1 aliphatic carbocycles. The second-order valence-corrected chi connectivity index (χ2v) is 10.1. The number of piperidine rings is 1. The molecule has 2 aromatic rings. The Morgan fingerprint density at radius 2 is 1.68 bits per heavy atom. The molecule has 1 saturated heterocycles. The van der Waals surface area contributed by atoms with Crippen molar-refractivity contribution < 1.29 is 24.2 Å². The van der Waals surface area contributed by atoms with E-state index in [0.717, 1.165) is 61.2 Å². The maximum Gasteiger partial charge on any atom is 0.303 e. The van der Waals surface area contributed by atoms with E-state index in [1.807, 2.05) is 12.1 Å². The molecule has 0 bridgehead atoms. The van der Waals surface area contributed by atoms with E-state index in [1.165, 1.54) is 6.42 Å². The maximum absolute atomic E-state index is 13.1. The summed E-state index contributed by atoms with van der Waals surface area (Å²) >= 11 is 0. The maximum atomic E-state index is 13.1. The number of carbonyl (C=O) groups is 2. The summed E-state index contributed by atoms with van der Waals surface area (Å²) in [6, 6.07) is 16.3. The Labute approximate surface area is 220 Å². The molecule has 0 spiro atoms. The number of hydrogen-bond donors (Lipinski definition) is 1. The Bertz CT molecular complexity index is 1040. The predicted octanol–water partition coefficient (Wildman–Crippen LogP) is 5.89. The quantitative estimate of drug-likeness (QED) is 0.286. The predicted molar refractivity (Wildman–Crippen MR) is 145 cm³/mol. The van der Waals surface area contributed by atoms with Gasteiger partial charge < -0.3 is 14.6 Å². The van der Waals surface area contributed by atoms with Crippen LogP contribution in [0, 0.1) is 5.92 Å². The van der Waals surface area contributed by atoms with Crippen molar-refractivity contribution in [1.82, 2.24) is 4.90 Å². The van der Waals surface area contributed by atoms with E-state index in [0.29, 0.717) is 25.2 Å². The third-order valence-electron chi connectivity index (χ3n) is 7.58. The molecule has 198 valence electrons. The van der Waals surface area contributed by atoms with Crippen molar-refractivity contribution in [3.63, 3.8) is 0 Å². The third-order valence-corrected chi connectivity index (χ3v) is 7.58. The van der Waals surface area contributed by atoms with Crippen LogP contribution in [0.5, 0.6) is 5.75 Å². The van der Waals surface area contributed by atoms with Crippen LogP contribution in [0.25, 0.3) is 11.1 Å². The van der Waals surface area contributed by atoms with Crippen LogP contribution in [0.2, 0.25) is 0 Å². The minimum absolute atomic E-state index is 0.0774. The van der Waals surface area contributed by atoms with Crippen molar-refractivity contribution in [1.29, 1.82) is 0 Å². The highest BCUT2D eigenvalue weighted by Gasteiger charge is 2.45. The number of Topliss-reactive ketones (excluding diaryl/α,β-unsaturated/α-hetero) is 1. The zero-order valence-corrected chi connectivity index (χ0v) is 21.8. The van der Waals surface area contributed by atoms with Crippen molar-refractivity contribution in [2.45, 2.75) is 70.1 Å². The monoisotopic (exact) mass is 505 g/mol. The van der Waals surface area contributed by atoms with Crippen LogP contribution < -0.4 is 4.74 Å². The molecule has 1 heterocycles. The minimum atomic E-state index is -0.759. The van der Waals surface area contributed by atoms with Crippen LogP contribution in [0.1, 0.15) is 56.9 Å². The summed E-state index contributed by atoms with van der Waals surface area (Å²) in [5, 5.41) is 8.84. The number of likely N-dealkylation sites (tertiary alicyclic amines) is 1. The van der Waals surface area contributed by atoms with Gasteiger partial charge in [0.1, 0.15) is 5.75 Å². The Balaban J connectivity index is 1.38. The number of unbranched alkanes of at least 4 members (excludes halogenated alkanes) is 1. The Morgan fingerprint density at radius 1 is 1.00 bits per heavy atom. The average Bonchev–Trinajstić information content (AvgIpc) is 3.24. The summed E-state index contributed by atoms with van der Waals surface area (Å²) in [5.74, 6) is 0.503. The Kier molecular flexibility index (Phi) is 9.92. The molecule has 2 fully saturated rings. The Morgan fingerprint density at radius 3 is 2.32 bits per heavy atom. The summed E-state index contributed by atoms with van der Waals surface area (Å²) in [6.45, 7) is 2.44. The van der Waals surface area contributed by atoms with E-state index >= 15 is 0 Å². The van der Waals surface area contributed by atoms with Gasteiger partial charge in [-0.3, -0.25) is 14.5 Å². The van der Waals surface area contributed by atoms with Crippen molar-refractivity contribution in [2.75, 3.05) is 20.2 Å². The van der Waals surface area contributed by atoms with Gasteiger partial charge in [-0.05, 0) is 74.0 Å². The highest BCUT2D eigenvalue weighted by atomic mass is 16.5. The summed E-state index contributed by atoms with van der Waals surface area (Å²) < 4.78 is 11.7. The number of methoxy groups -OCH3 is 1. The van der Waals surface area contributed by atoms with E-state index in [2.05, 4.69) is 53.5 Å².